The molecule has 8 aromatic carbocycles. The van der Waals surface area contributed by atoms with Crippen molar-refractivity contribution in [3.8, 4) is 56.4 Å². The summed E-state index contributed by atoms with van der Waals surface area (Å²) >= 11 is 0. The molecule has 3 aromatic heterocycles. The summed E-state index contributed by atoms with van der Waals surface area (Å²) in [6, 6.07) is 73.3. The van der Waals surface area contributed by atoms with Gasteiger partial charge in [0, 0.05) is 49.6 Å². The van der Waals surface area contributed by atoms with Gasteiger partial charge in [-0.2, -0.15) is 0 Å². The first-order valence-electron chi connectivity index (χ1n) is 19.0. The fraction of sp³-hybridized carbons (Fsp3) is 0. The van der Waals surface area contributed by atoms with Crippen molar-refractivity contribution in [2.75, 3.05) is 0 Å². The topological polar surface area (TPSA) is 35.6 Å². The molecule has 0 aliphatic rings. The number of benzene rings is 8. The zero-order valence-electron chi connectivity index (χ0n) is 30.4. The van der Waals surface area contributed by atoms with Gasteiger partial charge >= 0.3 is 0 Å². The van der Waals surface area contributed by atoms with Crippen molar-refractivity contribution in [2.24, 2.45) is 0 Å². The molecule has 3 heterocycles. The molecule has 0 atom stereocenters. The highest BCUT2D eigenvalue weighted by atomic mass is 15.0. The Bertz CT molecular complexity index is 3140. The van der Waals surface area contributed by atoms with Gasteiger partial charge in [0.15, 0.2) is 5.82 Å². The van der Waals surface area contributed by atoms with Crippen LogP contribution in [-0.2, 0) is 0 Å². The summed E-state index contributed by atoms with van der Waals surface area (Å²) in [7, 11) is 0. The molecule has 11 aromatic rings. The van der Waals surface area contributed by atoms with Crippen LogP contribution in [0.3, 0.4) is 0 Å². The lowest BCUT2D eigenvalue weighted by Gasteiger charge is -2.13. The number of fused-ring (bicyclic) bond motifs is 6. The van der Waals surface area contributed by atoms with Gasteiger partial charge in [-0.1, -0.05) is 146 Å². The van der Waals surface area contributed by atoms with Gasteiger partial charge in [0.25, 0.3) is 0 Å². The molecule has 0 aliphatic carbocycles. The van der Waals surface area contributed by atoms with Crippen molar-refractivity contribution in [2.45, 2.75) is 0 Å². The van der Waals surface area contributed by atoms with E-state index in [-0.39, 0.29) is 0 Å². The van der Waals surface area contributed by atoms with E-state index in [4.69, 9.17) is 9.97 Å². The van der Waals surface area contributed by atoms with Crippen molar-refractivity contribution in [1.29, 1.82) is 0 Å². The zero-order chi connectivity index (χ0) is 37.0. The van der Waals surface area contributed by atoms with Gasteiger partial charge in [-0.3, -0.25) is 0 Å². The molecule has 0 amide bonds. The Balaban J connectivity index is 1.04. The molecule has 0 spiro atoms. The highest BCUT2D eigenvalue weighted by Gasteiger charge is 2.17. The number of rotatable bonds is 6. The Kier molecular flexibility index (Phi) is 7.46. The van der Waals surface area contributed by atoms with E-state index >= 15 is 0 Å². The third kappa shape index (κ3) is 5.31. The van der Waals surface area contributed by atoms with Crippen LogP contribution in [0.4, 0.5) is 0 Å². The van der Waals surface area contributed by atoms with E-state index in [2.05, 4.69) is 191 Å². The van der Waals surface area contributed by atoms with Crippen molar-refractivity contribution >= 4 is 43.6 Å². The van der Waals surface area contributed by atoms with Gasteiger partial charge < -0.3 is 9.13 Å². The van der Waals surface area contributed by atoms with E-state index in [1.54, 1.807) is 0 Å². The minimum Gasteiger partial charge on any atom is -0.309 e. The Labute approximate surface area is 324 Å². The first-order valence-corrected chi connectivity index (χ1v) is 19.0. The summed E-state index contributed by atoms with van der Waals surface area (Å²) in [4.78, 5) is 10.1. The van der Waals surface area contributed by atoms with Crippen molar-refractivity contribution in [1.82, 2.24) is 19.1 Å². The van der Waals surface area contributed by atoms with Crippen molar-refractivity contribution in [3.05, 3.63) is 206 Å². The lowest BCUT2D eigenvalue weighted by molar-refractivity contribution is 1.16. The molecule has 4 heteroatoms. The van der Waals surface area contributed by atoms with E-state index in [1.807, 2.05) is 24.3 Å². The van der Waals surface area contributed by atoms with Crippen LogP contribution in [0.25, 0.3) is 100 Å². The summed E-state index contributed by atoms with van der Waals surface area (Å²) in [5.41, 5.74) is 14.2. The van der Waals surface area contributed by atoms with Gasteiger partial charge in [-0.15, -0.1) is 0 Å². The van der Waals surface area contributed by atoms with E-state index in [9.17, 15) is 0 Å². The largest absolute Gasteiger partial charge is 0.309 e. The van der Waals surface area contributed by atoms with Crippen molar-refractivity contribution in [3.63, 3.8) is 0 Å². The Morgan fingerprint density at radius 3 is 1.30 bits per heavy atom. The summed E-state index contributed by atoms with van der Waals surface area (Å²) in [5.74, 6) is 0.707. The maximum absolute atomic E-state index is 5.13. The van der Waals surface area contributed by atoms with Crippen LogP contribution < -0.4 is 0 Å². The fourth-order valence-electron chi connectivity index (χ4n) is 8.33. The van der Waals surface area contributed by atoms with E-state index in [1.165, 1.54) is 43.7 Å². The second-order valence-corrected chi connectivity index (χ2v) is 14.2. The molecule has 0 bridgehead atoms. The molecule has 11 rings (SSSR count). The molecular formula is C52H34N4. The predicted octanol–water partition coefficient (Wildman–Crippen LogP) is 13.3. The average Bonchev–Trinajstić information content (AvgIpc) is 3.80. The van der Waals surface area contributed by atoms with Crippen LogP contribution in [0.15, 0.2) is 206 Å². The van der Waals surface area contributed by atoms with E-state index in [0.29, 0.717) is 5.82 Å². The van der Waals surface area contributed by atoms with E-state index in [0.717, 1.165) is 50.5 Å². The number of hydrogen-bond acceptors (Lipinski definition) is 2. The van der Waals surface area contributed by atoms with Crippen LogP contribution in [0.5, 0.6) is 0 Å². The molecule has 0 N–H and O–H groups in total. The second-order valence-electron chi connectivity index (χ2n) is 14.2. The van der Waals surface area contributed by atoms with Gasteiger partial charge in [0.2, 0.25) is 0 Å². The van der Waals surface area contributed by atoms with Crippen molar-refractivity contribution < 1.29 is 0 Å². The lowest BCUT2D eigenvalue weighted by atomic mass is 10.0. The molecule has 0 aliphatic heterocycles. The Hall–Kier alpha value is -7.56. The monoisotopic (exact) mass is 714 g/mol. The number of para-hydroxylation sites is 3. The minimum absolute atomic E-state index is 0.707. The third-order valence-electron chi connectivity index (χ3n) is 10.9. The Morgan fingerprint density at radius 2 is 0.696 bits per heavy atom. The molecule has 4 nitrogen and oxygen atoms in total. The average molecular weight is 715 g/mol. The van der Waals surface area contributed by atoms with Crippen LogP contribution in [0.1, 0.15) is 0 Å². The SMILES string of the molecule is c1ccc(-c2cc(-c3cccc(-n4c5ccccc5c5cc(-c6cccc(-n7c8ccccc8c8ccccc87)c6)ccc54)c3)nc(-c3ccccc3)n2)cc1. The maximum atomic E-state index is 5.13. The second kappa shape index (κ2) is 13.1. The minimum atomic E-state index is 0.707. The van der Waals surface area contributed by atoms with Gasteiger partial charge in [-0.05, 0) is 71.8 Å². The maximum Gasteiger partial charge on any atom is 0.160 e. The number of aromatic nitrogens is 4. The molecule has 0 saturated heterocycles. The molecule has 0 unspecified atom stereocenters. The lowest BCUT2D eigenvalue weighted by Crippen LogP contribution is -1.97. The van der Waals surface area contributed by atoms with Crippen LogP contribution in [0, 0.1) is 0 Å². The van der Waals surface area contributed by atoms with Crippen LogP contribution >= 0.6 is 0 Å². The summed E-state index contributed by atoms with van der Waals surface area (Å²) in [6.07, 6.45) is 0. The van der Waals surface area contributed by atoms with E-state index < -0.39 is 0 Å². The molecule has 56 heavy (non-hydrogen) atoms. The highest BCUT2D eigenvalue weighted by Crippen LogP contribution is 2.38. The van der Waals surface area contributed by atoms with Gasteiger partial charge in [0.05, 0.1) is 33.5 Å². The summed E-state index contributed by atoms with van der Waals surface area (Å²) in [5, 5.41) is 4.96. The molecule has 0 saturated carbocycles. The van der Waals surface area contributed by atoms with Crippen LogP contribution in [0.2, 0.25) is 0 Å². The van der Waals surface area contributed by atoms with Crippen LogP contribution in [-0.4, -0.2) is 19.1 Å². The molecule has 262 valence electrons. The number of nitrogens with zero attached hydrogens (tertiary/aromatic N) is 4. The molecule has 0 fully saturated rings. The normalized spacial score (nSPS) is 11.6. The standard InChI is InChI=1S/C52H34N4/c1-3-15-35(16-4-1)46-34-47(54-52(53-46)36-17-5-2-6-18-36)39-20-14-22-41(32-39)56-50-28-12-9-25-44(50)45-33-38(29-30-51(45)56)37-19-13-21-40(31-37)55-48-26-10-7-23-42(48)43-24-8-11-27-49(43)55/h1-34H. The zero-order valence-corrected chi connectivity index (χ0v) is 30.4. The highest BCUT2D eigenvalue weighted by molar-refractivity contribution is 6.11. The Morgan fingerprint density at radius 1 is 0.268 bits per heavy atom. The molecular weight excluding hydrogens is 681 g/mol. The first kappa shape index (κ1) is 31.9. The summed E-state index contributed by atoms with van der Waals surface area (Å²) < 4.78 is 4.76. The predicted molar refractivity (Wildman–Crippen MR) is 232 cm³/mol. The molecule has 0 radical (unpaired) electrons. The smallest absolute Gasteiger partial charge is 0.160 e. The summed E-state index contributed by atoms with van der Waals surface area (Å²) in [6.45, 7) is 0. The first-order chi connectivity index (χ1) is 27.8. The number of hydrogen-bond donors (Lipinski definition) is 0. The van der Waals surface area contributed by atoms with Gasteiger partial charge in [-0.25, -0.2) is 9.97 Å². The van der Waals surface area contributed by atoms with Gasteiger partial charge in [0.1, 0.15) is 0 Å². The quantitative estimate of drug-likeness (QED) is 0.172. The fourth-order valence-corrected chi connectivity index (χ4v) is 8.33. The third-order valence-corrected chi connectivity index (χ3v) is 10.9.